The van der Waals surface area contributed by atoms with Crippen LogP contribution in [0.4, 0.5) is 0 Å². The number of fused-ring (bicyclic) bond motifs is 1. The Morgan fingerprint density at radius 2 is 1.68 bits per heavy atom. The van der Waals surface area contributed by atoms with Crippen LogP contribution in [-0.2, 0) is 20.0 Å². The zero-order valence-corrected chi connectivity index (χ0v) is 16.4. The maximum absolute atomic E-state index is 12.4. The van der Waals surface area contributed by atoms with Gasteiger partial charge >= 0.3 is 0 Å². The van der Waals surface area contributed by atoms with E-state index in [2.05, 4.69) is 4.72 Å². The number of nitrogens with zero attached hydrogens (tertiary/aromatic N) is 1. The van der Waals surface area contributed by atoms with Crippen molar-refractivity contribution in [2.45, 2.75) is 31.2 Å². The molecule has 142 valence electrons. The fourth-order valence-corrected chi connectivity index (χ4v) is 5.01. The summed E-state index contributed by atoms with van der Waals surface area (Å²) in [5.41, 5.74) is -0.643. The number of benzene rings is 1. The average Bonchev–Trinajstić information content (AvgIpc) is 2.48. The maximum Gasteiger partial charge on any atom is 0.240 e. The fraction of sp³-hybridized carbons (Fsp3) is 0.600. The highest BCUT2D eigenvalue weighted by Crippen LogP contribution is 2.32. The van der Waals surface area contributed by atoms with Crippen molar-refractivity contribution in [2.75, 3.05) is 32.6 Å². The molecular formula is C15H24N2O6S2. The molecule has 0 amide bonds. The van der Waals surface area contributed by atoms with E-state index in [1.54, 1.807) is 26.8 Å². The molecule has 0 aliphatic carbocycles. The maximum atomic E-state index is 12.4. The highest BCUT2D eigenvalue weighted by atomic mass is 32.2. The monoisotopic (exact) mass is 392 g/mol. The molecule has 0 atom stereocenters. The first-order valence-electron chi connectivity index (χ1n) is 7.78. The van der Waals surface area contributed by atoms with Crippen molar-refractivity contribution in [1.82, 2.24) is 9.03 Å². The molecule has 2 rings (SSSR count). The van der Waals surface area contributed by atoms with Gasteiger partial charge in [-0.2, -0.15) is 4.31 Å². The number of sulfonamides is 2. The highest BCUT2D eigenvalue weighted by molar-refractivity contribution is 7.89. The van der Waals surface area contributed by atoms with Crippen LogP contribution in [0.3, 0.4) is 0 Å². The quantitative estimate of drug-likeness (QED) is 0.768. The lowest BCUT2D eigenvalue weighted by Gasteiger charge is -2.33. The predicted molar refractivity (Wildman–Crippen MR) is 93.9 cm³/mol. The lowest BCUT2D eigenvalue weighted by molar-refractivity contribution is 0.171. The minimum Gasteiger partial charge on any atom is -0.486 e. The predicted octanol–water partition coefficient (Wildman–Crippen LogP) is 0.796. The van der Waals surface area contributed by atoms with E-state index < -0.39 is 25.6 Å². The van der Waals surface area contributed by atoms with Crippen molar-refractivity contribution in [3.63, 3.8) is 0 Å². The Bertz CT molecular complexity index is 828. The first kappa shape index (κ1) is 20.0. The second kappa shape index (κ2) is 7.10. The third kappa shape index (κ3) is 5.06. The van der Waals surface area contributed by atoms with Crippen molar-refractivity contribution in [2.24, 2.45) is 0 Å². The summed E-state index contributed by atoms with van der Waals surface area (Å²) in [4.78, 5) is 0.0402. The van der Waals surface area contributed by atoms with Gasteiger partial charge in [-0.05, 0) is 32.9 Å². The van der Waals surface area contributed by atoms with E-state index in [9.17, 15) is 16.8 Å². The van der Waals surface area contributed by atoms with Crippen LogP contribution in [0, 0.1) is 0 Å². The smallest absolute Gasteiger partial charge is 0.240 e. The number of nitrogens with one attached hydrogen (secondary N) is 1. The molecule has 0 fully saturated rings. The van der Waals surface area contributed by atoms with Gasteiger partial charge in [0, 0.05) is 24.7 Å². The lowest BCUT2D eigenvalue weighted by Crippen LogP contribution is -2.48. The van der Waals surface area contributed by atoms with E-state index in [1.165, 1.54) is 16.4 Å². The number of ether oxygens (including phenoxy) is 2. The van der Waals surface area contributed by atoms with Crippen LogP contribution in [0.1, 0.15) is 20.8 Å². The van der Waals surface area contributed by atoms with Gasteiger partial charge in [0.25, 0.3) is 0 Å². The highest BCUT2D eigenvalue weighted by Gasteiger charge is 2.29. The first-order valence-corrected chi connectivity index (χ1v) is 11.1. The van der Waals surface area contributed by atoms with E-state index >= 15 is 0 Å². The number of hydrogen-bond donors (Lipinski definition) is 1. The van der Waals surface area contributed by atoms with Gasteiger partial charge in [-0.15, -0.1) is 0 Å². The first-order chi connectivity index (χ1) is 11.4. The van der Waals surface area contributed by atoms with Gasteiger partial charge in [-0.25, -0.2) is 21.6 Å². The van der Waals surface area contributed by atoms with Crippen LogP contribution in [0.15, 0.2) is 23.1 Å². The molecule has 8 nitrogen and oxygen atoms in total. The summed E-state index contributed by atoms with van der Waals surface area (Å²) in [7, 11) is -7.24. The third-order valence-electron chi connectivity index (χ3n) is 3.58. The second-order valence-electron chi connectivity index (χ2n) is 6.71. The lowest BCUT2D eigenvalue weighted by atomic mass is 10.1. The van der Waals surface area contributed by atoms with Crippen LogP contribution in [-0.4, -0.2) is 59.2 Å². The molecule has 1 aromatic carbocycles. The fourth-order valence-electron chi connectivity index (χ4n) is 2.55. The summed E-state index contributed by atoms with van der Waals surface area (Å²) in [6.07, 6.45) is 1.10. The Morgan fingerprint density at radius 1 is 1.08 bits per heavy atom. The Balaban J connectivity index is 2.09. The minimum absolute atomic E-state index is 0.0338. The van der Waals surface area contributed by atoms with Crippen molar-refractivity contribution < 1.29 is 26.3 Å². The van der Waals surface area contributed by atoms with Gasteiger partial charge in [-0.1, -0.05) is 0 Å². The molecule has 10 heteroatoms. The molecule has 0 spiro atoms. The van der Waals surface area contributed by atoms with Crippen molar-refractivity contribution >= 4 is 20.0 Å². The molecule has 0 aromatic heterocycles. The van der Waals surface area contributed by atoms with Crippen LogP contribution >= 0.6 is 0 Å². The molecule has 1 aromatic rings. The van der Waals surface area contributed by atoms with Gasteiger partial charge in [0.05, 0.1) is 11.2 Å². The Kier molecular flexibility index (Phi) is 5.67. The standard InChI is InChI=1S/C15H24N2O6S2/c1-15(2,3)17(24(4,18)19)8-7-16-25(20,21)12-5-6-13-14(11-12)23-10-9-22-13/h5-6,11,16H,7-10H2,1-4H3. The van der Waals surface area contributed by atoms with Crippen LogP contribution in [0.2, 0.25) is 0 Å². The Morgan fingerprint density at radius 3 is 2.24 bits per heavy atom. The van der Waals surface area contributed by atoms with E-state index in [-0.39, 0.29) is 18.0 Å². The Labute approximate surface area is 149 Å². The molecular weight excluding hydrogens is 368 g/mol. The van der Waals surface area contributed by atoms with Crippen molar-refractivity contribution in [1.29, 1.82) is 0 Å². The average molecular weight is 392 g/mol. The molecule has 1 aliphatic heterocycles. The summed E-state index contributed by atoms with van der Waals surface area (Å²) < 4.78 is 63.0. The molecule has 0 radical (unpaired) electrons. The molecule has 1 N–H and O–H groups in total. The molecule has 0 unspecified atom stereocenters. The van der Waals surface area contributed by atoms with Gasteiger partial charge in [0.15, 0.2) is 11.5 Å². The molecule has 0 bridgehead atoms. The SMILES string of the molecule is CC(C)(C)N(CCNS(=O)(=O)c1ccc2c(c1)OCCO2)S(C)(=O)=O. The second-order valence-corrected chi connectivity index (χ2v) is 10.4. The summed E-state index contributed by atoms with van der Waals surface area (Å²) >= 11 is 0. The van der Waals surface area contributed by atoms with Gasteiger partial charge < -0.3 is 9.47 Å². The van der Waals surface area contributed by atoms with Gasteiger partial charge in [-0.3, -0.25) is 0 Å². The van der Waals surface area contributed by atoms with Crippen molar-refractivity contribution in [3.05, 3.63) is 18.2 Å². The van der Waals surface area contributed by atoms with Crippen molar-refractivity contribution in [3.8, 4) is 11.5 Å². The van der Waals surface area contributed by atoms with E-state index in [4.69, 9.17) is 9.47 Å². The molecule has 0 saturated heterocycles. The van der Waals surface area contributed by atoms with E-state index in [0.29, 0.717) is 24.7 Å². The van der Waals surface area contributed by atoms with Crippen LogP contribution < -0.4 is 14.2 Å². The summed E-state index contributed by atoms with van der Waals surface area (Å²) in [5, 5.41) is 0. The summed E-state index contributed by atoms with van der Waals surface area (Å²) in [5.74, 6) is 0.878. The molecule has 1 heterocycles. The molecule has 0 saturated carbocycles. The zero-order valence-electron chi connectivity index (χ0n) is 14.8. The van der Waals surface area contributed by atoms with Crippen LogP contribution in [0.5, 0.6) is 11.5 Å². The minimum atomic E-state index is -3.79. The molecule has 25 heavy (non-hydrogen) atoms. The van der Waals surface area contributed by atoms with Gasteiger partial charge in [0.2, 0.25) is 20.0 Å². The van der Waals surface area contributed by atoms with Gasteiger partial charge in [0.1, 0.15) is 13.2 Å². The summed E-state index contributed by atoms with van der Waals surface area (Å²) in [6, 6.07) is 4.36. The third-order valence-corrected chi connectivity index (χ3v) is 6.57. The zero-order chi connectivity index (χ0) is 18.9. The number of rotatable bonds is 6. The topological polar surface area (TPSA) is 102 Å². The van der Waals surface area contributed by atoms with E-state index in [1.807, 2.05) is 0 Å². The van der Waals surface area contributed by atoms with E-state index in [0.717, 1.165) is 6.26 Å². The largest absolute Gasteiger partial charge is 0.486 e. The number of hydrogen-bond acceptors (Lipinski definition) is 6. The van der Waals surface area contributed by atoms with Crippen LogP contribution in [0.25, 0.3) is 0 Å². The normalized spacial score (nSPS) is 15.4. The molecule has 1 aliphatic rings. The summed E-state index contributed by atoms with van der Waals surface area (Å²) in [6.45, 7) is 6.04. The Hall–Kier alpha value is -1.36.